The van der Waals surface area contributed by atoms with Gasteiger partial charge >= 0.3 is 6.03 Å². The molecule has 1 aliphatic rings. The lowest BCUT2D eigenvalue weighted by Crippen LogP contribution is -3.14. The number of nitrogens with two attached hydrogens (primary N) is 1. The highest BCUT2D eigenvalue weighted by molar-refractivity contribution is 5.96. The average Bonchev–Trinajstić information content (AvgIpc) is 2.68. The van der Waals surface area contributed by atoms with Gasteiger partial charge in [-0.15, -0.1) is 0 Å². The van der Waals surface area contributed by atoms with Gasteiger partial charge in [-0.3, -0.25) is 4.79 Å². The van der Waals surface area contributed by atoms with Crippen LogP contribution in [-0.4, -0.2) is 44.8 Å². The lowest BCUT2D eigenvalue weighted by molar-refractivity contribution is -0.909. The summed E-state index contributed by atoms with van der Waals surface area (Å²) < 4.78 is 5.43. The van der Waals surface area contributed by atoms with Gasteiger partial charge in [0.15, 0.2) is 0 Å². The van der Waals surface area contributed by atoms with Crippen molar-refractivity contribution in [3.63, 3.8) is 0 Å². The number of anilines is 1. The molecule has 27 heavy (non-hydrogen) atoms. The second kappa shape index (κ2) is 9.16. The zero-order valence-electron chi connectivity index (χ0n) is 15.1. The molecular weight excluding hydrogens is 344 g/mol. The smallest absolute Gasteiger partial charge is 0.316 e. The molecule has 2 aromatic rings. The Bertz CT molecular complexity index is 776. The van der Waals surface area contributed by atoms with Crippen LogP contribution in [0.5, 0.6) is 0 Å². The number of primary amides is 1. The van der Waals surface area contributed by atoms with E-state index in [-0.39, 0.29) is 11.9 Å². The number of benzene rings is 2. The minimum absolute atomic E-state index is 0.112. The van der Waals surface area contributed by atoms with Crippen molar-refractivity contribution in [1.29, 1.82) is 0 Å². The van der Waals surface area contributed by atoms with Crippen LogP contribution in [0.1, 0.15) is 22.0 Å². The molecule has 0 aliphatic carbocycles. The number of rotatable bonds is 6. The Kier molecular flexibility index (Phi) is 6.40. The van der Waals surface area contributed by atoms with Gasteiger partial charge in [0.05, 0.1) is 13.2 Å². The van der Waals surface area contributed by atoms with Crippen molar-refractivity contribution in [3.8, 4) is 0 Å². The summed E-state index contributed by atoms with van der Waals surface area (Å²) in [5.74, 6) is -0.190. The van der Waals surface area contributed by atoms with Gasteiger partial charge in [0.1, 0.15) is 25.7 Å². The molecular formula is C20H25N4O3+. The maximum absolute atomic E-state index is 12.8. The van der Waals surface area contributed by atoms with Gasteiger partial charge in [0.2, 0.25) is 0 Å². The van der Waals surface area contributed by atoms with Crippen molar-refractivity contribution in [2.75, 3.05) is 38.2 Å². The number of hydrogen-bond donors (Lipinski definition) is 4. The highest BCUT2D eigenvalue weighted by Crippen LogP contribution is 2.14. The normalized spacial score (nSPS) is 15.7. The highest BCUT2D eigenvalue weighted by Gasteiger charge is 2.23. The molecule has 1 heterocycles. The number of nitrogens with one attached hydrogen (secondary N) is 3. The van der Waals surface area contributed by atoms with Crippen molar-refractivity contribution >= 4 is 17.6 Å². The molecule has 3 amide bonds. The van der Waals surface area contributed by atoms with Crippen LogP contribution < -0.4 is 21.3 Å². The quantitative estimate of drug-likeness (QED) is 0.599. The summed E-state index contributed by atoms with van der Waals surface area (Å²) in [6.45, 7) is 4.13. The van der Waals surface area contributed by atoms with Crippen LogP contribution in [-0.2, 0) is 4.74 Å². The number of carbonyl (C=O) groups excluding carboxylic acids is 2. The fourth-order valence-corrected chi connectivity index (χ4v) is 3.21. The summed E-state index contributed by atoms with van der Waals surface area (Å²) in [6, 6.07) is 15.9. The van der Waals surface area contributed by atoms with Gasteiger partial charge in [-0.05, 0) is 23.8 Å². The molecule has 0 unspecified atom stereocenters. The van der Waals surface area contributed by atoms with E-state index in [9.17, 15) is 9.59 Å². The molecule has 0 aromatic heterocycles. The molecule has 7 heteroatoms. The van der Waals surface area contributed by atoms with Gasteiger partial charge in [-0.1, -0.05) is 36.4 Å². The van der Waals surface area contributed by atoms with Crippen molar-refractivity contribution in [3.05, 3.63) is 65.7 Å². The third-order valence-electron chi connectivity index (χ3n) is 4.59. The van der Waals surface area contributed by atoms with E-state index in [0.717, 1.165) is 38.4 Å². The maximum Gasteiger partial charge on any atom is 0.316 e. The Morgan fingerprint density at radius 2 is 1.81 bits per heavy atom. The summed E-state index contributed by atoms with van der Waals surface area (Å²) in [7, 11) is 0. The zero-order chi connectivity index (χ0) is 19.1. The molecule has 1 atom stereocenters. The third kappa shape index (κ3) is 5.54. The SMILES string of the molecule is NC(=O)Nc1cccc(C(=O)N[C@H](C[NH+]2CCOCC2)c2ccccc2)c1. The first kappa shape index (κ1) is 18.9. The van der Waals surface area contributed by atoms with Gasteiger partial charge in [-0.25, -0.2) is 4.79 Å². The van der Waals surface area contributed by atoms with Crippen LogP contribution in [0.3, 0.4) is 0 Å². The lowest BCUT2D eigenvalue weighted by Gasteiger charge is -2.28. The average molecular weight is 369 g/mol. The molecule has 142 valence electrons. The van der Waals surface area contributed by atoms with E-state index in [1.165, 1.54) is 4.90 Å². The van der Waals surface area contributed by atoms with E-state index in [4.69, 9.17) is 10.5 Å². The summed E-state index contributed by atoms with van der Waals surface area (Å²) in [4.78, 5) is 25.3. The number of quaternary nitrogens is 1. The Labute approximate surface area is 158 Å². The Morgan fingerprint density at radius 1 is 1.07 bits per heavy atom. The van der Waals surface area contributed by atoms with Gasteiger partial charge in [0.25, 0.3) is 5.91 Å². The maximum atomic E-state index is 12.8. The van der Waals surface area contributed by atoms with E-state index in [0.29, 0.717) is 11.3 Å². The first-order valence-corrected chi connectivity index (χ1v) is 9.05. The van der Waals surface area contributed by atoms with Crippen molar-refractivity contribution in [1.82, 2.24) is 5.32 Å². The largest absolute Gasteiger partial charge is 0.370 e. The van der Waals surface area contributed by atoms with Crippen LogP contribution in [0.4, 0.5) is 10.5 Å². The van der Waals surface area contributed by atoms with Crippen LogP contribution in [0, 0.1) is 0 Å². The molecule has 7 nitrogen and oxygen atoms in total. The Hall–Kier alpha value is -2.90. The Morgan fingerprint density at radius 3 is 2.52 bits per heavy atom. The molecule has 0 bridgehead atoms. The van der Waals surface area contributed by atoms with E-state index in [2.05, 4.69) is 10.6 Å². The molecule has 0 spiro atoms. The molecule has 5 N–H and O–H groups in total. The van der Waals surface area contributed by atoms with Crippen LogP contribution in [0.15, 0.2) is 54.6 Å². The summed E-state index contributed by atoms with van der Waals surface area (Å²) in [5, 5.41) is 5.62. The molecule has 3 rings (SSSR count). The Balaban J connectivity index is 1.74. The number of hydrogen-bond acceptors (Lipinski definition) is 3. The standard InChI is InChI=1S/C20H24N4O3/c21-20(26)22-17-8-4-7-16(13-17)19(25)23-18(15-5-2-1-3-6-15)14-24-9-11-27-12-10-24/h1-8,13,18H,9-12,14H2,(H,23,25)(H3,21,22,26)/p+1/t18-/m1/s1. The number of amides is 3. The molecule has 2 aromatic carbocycles. The molecule has 1 saturated heterocycles. The van der Waals surface area contributed by atoms with E-state index >= 15 is 0 Å². The number of ether oxygens (including phenoxy) is 1. The fraction of sp³-hybridized carbons (Fsp3) is 0.300. The minimum Gasteiger partial charge on any atom is -0.370 e. The second-order valence-corrected chi connectivity index (χ2v) is 6.57. The molecule has 1 fully saturated rings. The first-order chi connectivity index (χ1) is 13.1. The molecule has 0 radical (unpaired) electrons. The van der Waals surface area contributed by atoms with E-state index < -0.39 is 6.03 Å². The summed E-state index contributed by atoms with van der Waals surface area (Å²) in [5.41, 5.74) is 7.18. The zero-order valence-corrected chi connectivity index (χ0v) is 15.1. The van der Waals surface area contributed by atoms with Gasteiger partial charge in [0, 0.05) is 11.3 Å². The highest BCUT2D eigenvalue weighted by atomic mass is 16.5. The molecule has 1 aliphatic heterocycles. The minimum atomic E-state index is -0.661. The van der Waals surface area contributed by atoms with Gasteiger partial charge in [-0.2, -0.15) is 0 Å². The number of morpholine rings is 1. The van der Waals surface area contributed by atoms with Crippen molar-refractivity contribution in [2.45, 2.75) is 6.04 Å². The monoisotopic (exact) mass is 369 g/mol. The summed E-state index contributed by atoms with van der Waals surface area (Å²) in [6.07, 6.45) is 0. The first-order valence-electron chi connectivity index (χ1n) is 9.05. The van der Waals surface area contributed by atoms with Crippen molar-refractivity contribution in [2.24, 2.45) is 5.73 Å². The number of urea groups is 1. The summed E-state index contributed by atoms with van der Waals surface area (Å²) >= 11 is 0. The molecule has 0 saturated carbocycles. The van der Waals surface area contributed by atoms with Gasteiger partial charge < -0.3 is 26.0 Å². The predicted molar refractivity (Wildman–Crippen MR) is 103 cm³/mol. The third-order valence-corrected chi connectivity index (χ3v) is 4.59. The van der Waals surface area contributed by atoms with E-state index in [1.54, 1.807) is 24.3 Å². The van der Waals surface area contributed by atoms with Crippen LogP contribution in [0.2, 0.25) is 0 Å². The van der Waals surface area contributed by atoms with E-state index in [1.807, 2.05) is 30.3 Å². The fourth-order valence-electron chi connectivity index (χ4n) is 3.21. The van der Waals surface area contributed by atoms with Crippen molar-refractivity contribution < 1.29 is 19.2 Å². The lowest BCUT2D eigenvalue weighted by atomic mass is 10.0. The van der Waals surface area contributed by atoms with Crippen LogP contribution >= 0.6 is 0 Å². The second-order valence-electron chi connectivity index (χ2n) is 6.57. The topological polar surface area (TPSA) is 97.9 Å². The number of carbonyl (C=O) groups is 2. The predicted octanol–water partition coefficient (Wildman–Crippen LogP) is 0.563. The van der Waals surface area contributed by atoms with Crippen LogP contribution in [0.25, 0.3) is 0 Å².